The monoisotopic (exact) mass is 248 g/mol. The minimum absolute atomic E-state index is 0.115. The number of hydrogen-bond donors (Lipinski definition) is 2. The molecule has 0 spiro atoms. The van der Waals surface area contributed by atoms with E-state index in [9.17, 15) is 4.79 Å². The van der Waals surface area contributed by atoms with Gasteiger partial charge < -0.3 is 15.8 Å². The summed E-state index contributed by atoms with van der Waals surface area (Å²) in [6.07, 6.45) is 3.46. The third kappa shape index (κ3) is 4.04. The number of rotatable bonds is 7. The highest BCUT2D eigenvalue weighted by Gasteiger charge is 2.20. The lowest BCUT2D eigenvalue weighted by molar-refractivity contribution is 0.0938. The Bertz CT molecular complexity index is 403. The number of nitrogens with two attached hydrogens (primary N) is 1. The van der Waals surface area contributed by atoms with Crippen molar-refractivity contribution in [1.29, 1.82) is 0 Å². The van der Waals surface area contributed by atoms with Gasteiger partial charge in [0.1, 0.15) is 0 Å². The Balaban J connectivity index is 1.60. The summed E-state index contributed by atoms with van der Waals surface area (Å²) < 4.78 is 5.49. The summed E-state index contributed by atoms with van der Waals surface area (Å²) in [5.74, 6) is 0.680. The lowest BCUT2D eigenvalue weighted by atomic mass is 10.1. The SMILES string of the molecule is Nc1ccccc1C(=O)NCCCOCC1CC1. The highest BCUT2D eigenvalue weighted by Crippen LogP contribution is 2.28. The molecule has 4 nitrogen and oxygen atoms in total. The Kier molecular flexibility index (Phi) is 4.59. The number of carbonyl (C=O) groups is 1. The summed E-state index contributed by atoms with van der Waals surface area (Å²) in [5, 5.41) is 2.84. The second-order valence-corrected chi connectivity index (χ2v) is 4.71. The van der Waals surface area contributed by atoms with Crippen LogP contribution in [0.25, 0.3) is 0 Å². The van der Waals surface area contributed by atoms with Crippen LogP contribution >= 0.6 is 0 Å². The van der Waals surface area contributed by atoms with Gasteiger partial charge in [-0.1, -0.05) is 12.1 Å². The van der Waals surface area contributed by atoms with Crippen LogP contribution in [0.4, 0.5) is 5.69 Å². The molecule has 4 heteroatoms. The van der Waals surface area contributed by atoms with Crippen molar-refractivity contribution in [3.63, 3.8) is 0 Å². The Hall–Kier alpha value is -1.55. The number of nitrogen functional groups attached to an aromatic ring is 1. The number of carbonyl (C=O) groups excluding carboxylic acids is 1. The first-order valence-corrected chi connectivity index (χ1v) is 6.48. The largest absolute Gasteiger partial charge is 0.398 e. The van der Waals surface area contributed by atoms with Gasteiger partial charge in [0, 0.05) is 25.4 Å². The molecule has 1 saturated carbocycles. The third-order valence-corrected chi connectivity index (χ3v) is 3.01. The van der Waals surface area contributed by atoms with Crippen LogP contribution in [-0.4, -0.2) is 25.7 Å². The van der Waals surface area contributed by atoms with E-state index in [0.717, 1.165) is 18.9 Å². The number of amides is 1. The zero-order valence-electron chi connectivity index (χ0n) is 10.5. The van der Waals surface area contributed by atoms with E-state index < -0.39 is 0 Å². The fraction of sp³-hybridized carbons (Fsp3) is 0.500. The van der Waals surface area contributed by atoms with Crippen LogP contribution in [0.5, 0.6) is 0 Å². The normalized spacial score (nSPS) is 14.4. The van der Waals surface area contributed by atoms with Crippen molar-refractivity contribution in [1.82, 2.24) is 5.32 Å². The number of benzene rings is 1. The Morgan fingerprint density at radius 3 is 2.89 bits per heavy atom. The average Bonchev–Trinajstić information content (AvgIpc) is 3.18. The first-order chi connectivity index (χ1) is 8.77. The van der Waals surface area contributed by atoms with Crippen LogP contribution in [0.3, 0.4) is 0 Å². The summed E-state index contributed by atoms with van der Waals surface area (Å²) in [6.45, 7) is 2.21. The summed E-state index contributed by atoms with van der Waals surface area (Å²) in [6, 6.07) is 7.09. The van der Waals surface area contributed by atoms with Crippen LogP contribution in [0, 0.1) is 5.92 Å². The van der Waals surface area contributed by atoms with Gasteiger partial charge in [-0.15, -0.1) is 0 Å². The fourth-order valence-electron chi connectivity index (χ4n) is 1.71. The second-order valence-electron chi connectivity index (χ2n) is 4.71. The topological polar surface area (TPSA) is 64.4 Å². The highest BCUT2D eigenvalue weighted by atomic mass is 16.5. The minimum atomic E-state index is -0.115. The van der Waals surface area contributed by atoms with Crippen molar-refractivity contribution in [3.05, 3.63) is 29.8 Å². The van der Waals surface area contributed by atoms with Gasteiger partial charge in [-0.05, 0) is 37.3 Å². The van der Waals surface area contributed by atoms with Crippen molar-refractivity contribution in [3.8, 4) is 0 Å². The van der Waals surface area contributed by atoms with Gasteiger partial charge in [0.15, 0.2) is 0 Å². The van der Waals surface area contributed by atoms with Crippen molar-refractivity contribution >= 4 is 11.6 Å². The van der Waals surface area contributed by atoms with Gasteiger partial charge in [-0.25, -0.2) is 0 Å². The van der Waals surface area contributed by atoms with Gasteiger partial charge in [-0.3, -0.25) is 4.79 Å². The Morgan fingerprint density at radius 1 is 1.39 bits per heavy atom. The summed E-state index contributed by atoms with van der Waals surface area (Å²) in [7, 11) is 0. The maximum Gasteiger partial charge on any atom is 0.253 e. The predicted molar refractivity (Wildman–Crippen MR) is 71.3 cm³/mol. The highest BCUT2D eigenvalue weighted by molar-refractivity contribution is 5.98. The molecule has 0 aliphatic heterocycles. The number of para-hydroxylation sites is 1. The first-order valence-electron chi connectivity index (χ1n) is 6.48. The van der Waals surface area contributed by atoms with E-state index in [2.05, 4.69) is 5.32 Å². The van der Waals surface area contributed by atoms with Crippen molar-refractivity contribution in [2.24, 2.45) is 5.92 Å². The molecule has 1 aliphatic rings. The van der Waals surface area contributed by atoms with Gasteiger partial charge in [0.05, 0.1) is 5.56 Å². The molecule has 0 aromatic heterocycles. The quantitative estimate of drug-likeness (QED) is 0.571. The molecule has 0 radical (unpaired) electrons. The molecule has 1 aliphatic carbocycles. The number of hydrogen-bond acceptors (Lipinski definition) is 3. The Labute approximate surface area is 108 Å². The molecule has 1 aromatic carbocycles. The molecule has 2 rings (SSSR count). The van der Waals surface area contributed by atoms with Crippen molar-refractivity contribution in [2.75, 3.05) is 25.5 Å². The molecular formula is C14H20N2O2. The summed E-state index contributed by atoms with van der Waals surface area (Å²) in [5.41, 5.74) is 6.78. The van der Waals surface area contributed by atoms with Crippen LogP contribution in [0.1, 0.15) is 29.6 Å². The maximum atomic E-state index is 11.8. The summed E-state index contributed by atoms with van der Waals surface area (Å²) >= 11 is 0. The number of ether oxygens (including phenoxy) is 1. The lowest BCUT2D eigenvalue weighted by Gasteiger charge is -2.07. The van der Waals surface area contributed by atoms with E-state index in [-0.39, 0.29) is 5.91 Å². The van der Waals surface area contributed by atoms with Crippen molar-refractivity contribution in [2.45, 2.75) is 19.3 Å². The molecule has 1 fully saturated rings. The second kappa shape index (κ2) is 6.40. The van der Waals surface area contributed by atoms with Crippen LogP contribution in [-0.2, 0) is 4.74 Å². The van der Waals surface area contributed by atoms with Gasteiger partial charge >= 0.3 is 0 Å². The van der Waals surface area contributed by atoms with Crippen LogP contribution in [0.15, 0.2) is 24.3 Å². The molecule has 0 bridgehead atoms. The van der Waals surface area contributed by atoms with Gasteiger partial charge in [0.2, 0.25) is 0 Å². The molecule has 0 heterocycles. The van der Waals surface area contributed by atoms with E-state index in [4.69, 9.17) is 10.5 Å². The van der Waals surface area contributed by atoms with E-state index >= 15 is 0 Å². The zero-order chi connectivity index (χ0) is 12.8. The van der Waals surface area contributed by atoms with Crippen LogP contribution < -0.4 is 11.1 Å². The maximum absolute atomic E-state index is 11.8. The van der Waals surface area contributed by atoms with E-state index in [1.54, 1.807) is 12.1 Å². The molecule has 1 aromatic rings. The molecule has 3 N–H and O–H groups in total. The molecule has 18 heavy (non-hydrogen) atoms. The van der Waals surface area contributed by atoms with E-state index in [1.807, 2.05) is 12.1 Å². The number of anilines is 1. The lowest BCUT2D eigenvalue weighted by Crippen LogP contribution is -2.26. The third-order valence-electron chi connectivity index (χ3n) is 3.01. The Morgan fingerprint density at radius 2 is 2.17 bits per heavy atom. The zero-order valence-corrected chi connectivity index (χ0v) is 10.5. The molecule has 0 atom stereocenters. The fourth-order valence-corrected chi connectivity index (χ4v) is 1.71. The minimum Gasteiger partial charge on any atom is -0.398 e. The molecule has 0 saturated heterocycles. The van der Waals surface area contributed by atoms with Gasteiger partial charge in [-0.2, -0.15) is 0 Å². The molecule has 0 unspecified atom stereocenters. The first kappa shape index (κ1) is 12.9. The molecule has 1 amide bonds. The average molecular weight is 248 g/mol. The van der Waals surface area contributed by atoms with Crippen molar-refractivity contribution < 1.29 is 9.53 Å². The number of nitrogens with one attached hydrogen (secondary N) is 1. The standard InChI is InChI=1S/C14H20N2O2/c15-13-5-2-1-4-12(13)14(17)16-8-3-9-18-10-11-6-7-11/h1-2,4-5,11H,3,6-10,15H2,(H,16,17). The smallest absolute Gasteiger partial charge is 0.253 e. The van der Waals surface area contributed by atoms with Gasteiger partial charge in [0.25, 0.3) is 5.91 Å². The molecule has 98 valence electrons. The van der Waals surface area contributed by atoms with E-state index in [1.165, 1.54) is 12.8 Å². The summed E-state index contributed by atoms with van der Waals surface area (Å²) in [4.78, 5) is 11.8. The van der Waals surface area contributed by atoms with E-state index in [0.29, 0.717) is 24.4 Å². The van der Waals surface area contributed by atoms with Crippen LogP contribution in [0.2, 0.25) is 0 Å². The molecular weight excluding hydrogens is 228 g/mol. The predicted octanol–water partition coefficient (Wildman–Crippen LogP) is 1.82.